The van der Waals surface area contributed by atoms with E-state index < -0.39 is 24.3 Å². The number of likely N-dealkylation sites (tertiary alicyclic amines) is 2. The van der Waals surface area contributed by atoms with Crippen LogP contribution in [0.25, 0.3) is 44.3 Å². The van der Waals surface area contributed by atoms with Crippen LogP contribution < -0.4 is 21.3 Å². The summed E-state index contributed by atoms with van der Waals surface area (Å²) in [5, 5.41) is 14.6. The number of aromatic nitrogens is 4. The fourth-order valence-corrected chi connectivity index (χ4v) is 9.10. The van der Waals surface area contributed by atoms with Crippen LogP contribution in [0.2, 0.25) is 0 Å². The zero-order valence-corrected chi connectivity index (χ0v) is 35.2. The molecule has 0 aliphatic carbocycles. The second-order valence-electron chi connectivity index (χ2n) is 16.7. The molecule has 316 valence electrons. The maximum atomic E-state index is 13.7. The summed E-state index contributed by atoms with van der Waals surface area (Å²) in [4.78, 5) is 68.4. The molecule has 0 spiro atoms. The number of rotatable bonds is 10. The van der Waals surface area contributed by atoms with Crippen molar-refractivity contribution in [2.24, 2.45) is 11.8 Å². The average Bonchev–Trinajstić information content (AvgIpc) is 4.09. The molecule has 8 rings (SSSR count). The molecule has 0 radical (unpaired) electrons. The number of nitrogens with one attached hydrogen (secondary N) is 5. The number of hydrogen-bond donors (Lipinski definition) is 5. The summed E-state index contributed by atoms with van der Waals surface area (Å²) >= 11 is 0. The molecule has 0 bridgehead atoms. The topological polar surface area (TPSA) is 187 Å². The Labute approximate surface area is 348 Å². The Morgan fingerprint density at radius 1 is 0.817 bits per heavy atom. The largest absolute Gasteiger partial charge is 0.453 e. The summed E-state index contributed by atoms with van der Waals surface area (Å²) in [5.74, 6) is 1.10. The van der Waals surface area contributed by atoms with E-state index in [4.69, 9.17) is 19.4 Å². The first-order valence-electron chi connectivity index (χ1n) is 20.8. The number of H-pyrrole nitrogens is 1. The van der Waals surface area contributed by atoms with Crippen molar-refractivity contribution in [3.8, 4) is 11.3 Å². The number of alkyl carbamates (subject to hydrolysis) is 2. The highest BCUT2D eigenvalue weighted by molar-refractivity contribution is 6.02. The van der Waals surface area contributed by atoms with Crippen LogP contribution in [0.3, 0.4) is 0 Å². The summed E-state index contributed by atoms with van der Waals surface area (Å²) in [7, 11) is 2.59. The Morgan fingerprint density at radius 2 is 1.48 bits per heavy atom. The van der Waals surface area contributed by atoms with E-state index in [1.165, 1.54) is 14.2 Å². The number of aromatic amines is 1. The maximum absolute atomic E-state index is 13.7. The molecule has 2 saturated heterocycles. The lowest BCUT2D eigenvalue weighted by Crippen LogP contribution is -2.57. The lowest BCUT2D eigenvalue weighted by molar-refractivity contribution is -0.136. The van der Waals surface area contributed by atoms with Crippen LogP contribution in [-0.2, 0) is 19.1 Å². The van der Waals surface area contributed by atoms with Crippen LogP contribution in [0.15, 0.2) is 54.9 Å². The SMILES string of the molecule is COC(=O)N[C@H](C(=O)N1CCC[C@@H]1c1ncc(-c2ccc3c(c2)nc(C)n2c4ccc(C5=CNC([C@@H]6CCCN6C(=O)[C@@H](NC(=O)OC)C(C)C)N5)cc4cc32)[nH]1)C(C)C. The number of methoxy groups -OCH3 is 2. The highest BCUT2D eigenvalue weighted by Crippen LogP contribution is 2.35. The predicted octanol–water partition coefficient (Wildman–Crippen LogP) is 5.57. The molecule has 3 aliphatic rings. The molecule has 4 amide bonds. The van der Waals surface area contributed by atoms with Gasteiger partial charge in [0, 0.05) is 35.6 Å². The molecule has 2 fully saturated rings. The molecular formula is C44H54N10O6. The molecule has 5 aromatic rings. The van der Waals surface area contributed by atoms with Gasteiger partial charge in [-0.1, -0.05) is 45.9 Å². The van der Waals surface area contributed by atoms with E-state index in [9.17, 15) is 19.2 Å². The van der Waals surface area contributed by atoms with E-state index in [0.29, 0.717) is 18.9 Å². The van der Waals surface area contributed by atoms with Gasteiger partial charge in [0.1, 0.15) is 29.9 Å². The number of nitrogens with zero attached hydrogens (tertiary/aromatic N) is 5. The minimum Gasteiger partial charge on any atom is -0.453 e. The minimum atomic E-state index is -0.702. The van der Waals surface area contributed by atoms with Crippen LogP contribution >= 0.6 is 0 Å². The third-order valence-corrected chi connectivity index (χ3v) is 12.2. The summed E-state index contributed by atoms with van der Waals surface area (Å²) in [6.07, 6.45) is 5.68. The predicted molar refractivity (Wildman–Crippen MR) is 227 cm³/mol. The molecular weight excluding hydrogens is 765 g/mol. The van der Waals surface area contributed by atoms with E-state index in [1.807, 2.05) is 50.6 Å². The quantitative estimate of drug-likeness (QED) is 0.119. The van der Waals surface area contributed by atoms with Crippen LogP contribution in [0.5, 0.6) is 0 Å². The number of imidazole rings is 1. The highest BCUT2D eigenvalue weighted by atomic mass is 16.5. The van der Waals surface area contributed by atoms with Crippen molar-refractivity contribution in [2.75, 3.05) is 27.3 Å². The van der Waals surface area contributed by atoms with Crippen molar-refractivity contribution in [3.63, 3.8) is 0 Å². The minimum absolute atomic E-state index is 0.0907. The van der Waals surface area contributed by atoms with E-state index in [0.717, 1.165) is 81.3 Å². The van der Waals surface area contributed by atoms with Crippen molar-refractivity contribution in [1.29, 1.82) is 0 Å². The third kappa shape index (κ3) is 7.43. The molecule has 5 atom stereocenters. The van der Waals surface area contributed by atoms with Crippen LogP contribution in [0.4, 0.5) is 9.59 Å². The Kier molecular flexibility index (Phi) is 11.0. The first kappa shape index (κ1) is 40.5. The van der Waals surface area contributed by atoms with Gasteiger partial charge in [0.15, 0.2) is 0 Å². The van der Waals surface area contributed by atoms with Gasteiger partial charge >= 0.3 is 12.2 Å². The summed E-state index contributed by atoms with van der Waals surface area (Å²) < 4.78 is 11.8. The van der Waals surface area contributed by atoms with E-state index >= 15 is 0 Å². The second kappa shape index (κ2) is 16.4. The number of benzene rings is 2. The lowest BCUT2D eigenvalue weighted by Gasteiger charge is -2.34. The van der Waals surface area contributed by atoms with Gasteiger partial charge in [-0.15, -0.1) is 0 Å². The summed E-state index contributed by atoms with van der Waals surface area (Å²) in [6.45, 7) is 10.9. The zero-order chi connectivity index (χ0) is 42.4. The van der Waals surface area contributed by atoms with Crippen molar-refractivity contribution >= 4 is 57.0 Å². The van der Waals surface area contributed by atoms with Gasteiger partial charge in [-0.05, 0) is 74.3 Å². The first-order valence-corrected chi connectivity index (χ1v) is 20.8. The zero-order valence-electron chi connectivity index (χ0n) is 35.2. The summed E-state index contributed by atoms with van der Waals surface area (Å²) in [6, 6.07) is 13.1. The molecule has 6 heterocycles. The van der Waals surface area contributed by atoms with Gasteiger partial charge in [0.05, 0.1) is 60.4 Å². The molecule has 16 heteroatoms. The molecule has 5 N–H and O–H groups in total. The highest BCUT2D eigenvalue weighted by Gasteiger charge is 2.41. The van der Waals surface area contributed by atoms with Gasteiger partial charge in [0.2, 0.25) is 11.8 Å². The maximum Gasteiger partial charge on any atom is 0.407 e. The Morgan fingerprint density at radius 3 is 2.18 bits per heavy atom. The Bertz CT molecular complexity index is 2510. The number of amides is 4. The number of carbonyl (C=O) groups excluding carboxylic acids is 4. The molecule has 60 heavy (non-hydrogen) atoms. The third-order valence-electron chi connectivity index (χ3n) is 12.2. The Hall–Kier alpha value is -6.32. The Balaban J connectivity index is 1.01. The van der Waals surface area contributed by atoms with Crippen molar-refractivity contribution in [1.82, 2.24) is 50.4 Å². The van der Waals surface area contributed by atoms with E-state index in [1.54, 1.807) is 6.20 Å². The van der Waals surface area contributed by atoms with Gasteiger partial charge in [-0.25, -0.2) is 19.6 Å². The number of carbonyl (C=O) groups is 4. The van der Waals surface area contributed by atoms with Gasteiger partial charge in [-0.3, -0.25) is 14.0 Å². The van der Waals surface area contributed by atoms with Crippen LogP contribution in [0, 0.1) is 18.8 Å². The molecule has 3 aromatic heterocycles. The monoisotopic (exact) mass is 818 g/mol. The molecule has 0 saturated carbocycles. The van der Waals surface area contributed by atoms with E-state index in [2.05, 4.69) is 73.1 Å². The number of ether oxygens (including phenoxy) is 2. The molecule has 3 aliphatic heterocycles. The first-order chi connectivity index (χ1) is 28.9. The number of aryl methyl sites for hydroxylation is 1. The van der Waals surface area contributed by atoms with Gasteiger partial charge < -0.3 is 45.5 Å². The fourth-order valence-electron chi connectivity index (χ4n) is 9.10. The van der Waals surface area contributed by atoms with Crippen molar-refractivity contribution < 1.29 is 28.7 Å². The second-order valence-corrected chi connectivity index (χ2v) is 16.7. The van der Waals surface area contributed by atoms with Crippen molar-refractivity contribution in [3.05, 3.63) is 72.1 Å². The van der Waals surface area contributed by atoms with Gasteiger partial charge in [0.25, 0.3) is 0 Å². The molecule has 2 aromatic carbocycles. The average molecular weight is 819 g/mol. The fraction of sp³-hybridized carbons (Fsp3) is 0.455. The molecule has 16 nitrogen and oxygen atoms in total. The smallest absolute Gasteiger partial charge is 0.407 e. The number of fused-ring (bicyclic) bond motifs is 5. The summed E-state index contributed by atoms with van der Waals surface area (Å²) in [5.41, 5.74) is 6.67. The lowest BCUT2D eigenvalue weighted by atomic mass is 10.0. The van der Waals surface area contributed by atoms with Gasteiger partial charge in [-0.2, -0.15) is 0 Å². The number of hydrogen-bond acceptors (Lipinski definition) is 10. The van der Waals surface area contributed by atoms with Crippen molar-refractivity contribution in [2.45, 2.75) is 90.6 Å². The van der Waals surface area contributed by atoms with Crippen LogP contribution in [-0.4, -0.2) is 105 Å². The normalized spacial score (nSPS) is 20.1. The van der Waals surface area contributed by atoms with Crippen LogP contribution in [0.1, 0.15) is 76.6 Å². The standard InChI is InChI=1S/C44H54N10O6/c1-23(2)37(50-43(57)59-6)41(55)52-16-8-10-34(52)39-45-21-31(48-39)26-13-15-33-28(18-26)20-36-29-14-12-27(19-30(29)47-25(5)54(33)36)32-22-46-40(49-32)35-11-9-17-53(35)42(56)38(24(3)4)51-44(58)60-7/h12-15,18-24,34-35,37-39,45,48H,8-11,16-17H2,1-7H3,(H,46,49)(H,50,57)(H,51,58)/t34-,35+,37-,38-,39?/m0/s1. The van der Waals surface area contributed by atoms with E-state index in [-0.39, 0.29) is 41.9 Å². The molecule has 1 unspecified atom stereocenters.